The zero-order valence-electron chi connectivity index (χ0n) is 7.62. The smallest absolute Gasteiger partial charge is 0.319 e. The molecule has 0 aromatic rings. The van der Waals surface area contributed by atoms with Gasteiger partial charge in [0.05, 0.1) is 13.7 Å². The van der Waals surface area contributed by atoms with Gasteiger partial charge in [0.25, 0.3) is 0 Å². The third kappa shape index (κ3) is 5.26. The highest BCUT2D eigenvalue weighted by Gasteiger charge is 2.06. The lowest BCUT2D eigenvalue weighted by Crippen LogP contribution is -2.32. The van der Waals surface area contributed by atoms with E-state index in [1.165, 1.54) is 7.11 Å². The quantitative estimate of drug-likeness (QED) is 0.599. The van der Waals surface area contributed by atoms with Crippen molar-refractivity contribution in [3.05, 3.63) is 0 Å². The van der Waals surface area contributed by atoms with Crippen LogP contribution in [0.4, 0.5) is 0 Å². The Bertz CT molecular complexity index is 172. The second kappa shape index (κ2) is 6.14. The van der Waals surface area contributed by atoms with Crippen LogP contribution in [0, 0.1) is 0 Å². The molecule has 0 heterocycles. The SMILES string of the molecule is COC(=O)CNCC(C)S(C)=O. The number of nitrogens with one attached hydrogen (secondary N) is 1. The number of hydrogen-bond donors (Lipinski definition) is 1. The maximum atomic E-state index is 10.8. The Hall–Kier alpha value is -0.420. The number of carbonyl (C=O) groups is 1. The molecule has 0 bridgehead atoms. The lowest BCUT2D eigenvalue weighted by molar-refractivity contribution is -0.139. The molecule has 0 aliphatic heterocycles. The zero-order chi connectivity index (χ0) is 9.56. The lowest BCUT2D eigenvalue weighted by atomic mass is 10.4. The summed E-state index contributed by atoms with van der Waals surface area (Å²) in [5.74, 6) is -0.302. The predicted molar refractivity (Wildman–Crippen MR) is 48.4 cm³/mol. The first kappa shape index (κ1) is 11.6. The summed E-state index contributed by atoms with van der Waals surface area (Å²) in [4.78, 5) is 10.6. The first-order chi connectivity index (χ1) is 5.57. The Labute approximate surface area is 75.1 Å². The summed E-state index contributed by atoms with van der Waals surface area (Å²) >= 11 is 0. The number of rotatable bonds is 5. The van der Waals surface area contributed by atoms with E-state index in [4.69, 9.17) is 0 Å². The van der Waals surface area contributed by atoms with Gasteiger partial charge in [0.1, 0.15) is 0 Å². The second-order valence-corrected chi connectivity index (χ2v) is 4.32. The third-order valence-corrected chi connectivity index (χ3v) is 2.80. The molecule has 0 amide bonds. The summed E-state index contributed by atoms with van der Waals surface area (Å²) in [7, 11) is 0.497. The molecule has 0 saturated carbocycles. The van der Waals surface area contributed by atoms with Crippen LogP contribution in [0.15, 0.2) is 0 Å². The van der Waals surface area contributed by atoms with Crippen LogP contribution in [0.3, 0.4) is 0 Å². The van der Waals surface area contributed by atoms with Gasteiger partial charge in [0, 0.05) is 28.9 Å². The normalized spacial score (nSPS) is 15.2. The van der Waals surface area contributed by atoms with Gasteiger partial charge in [-0.2, -0.15) is 0 Å². The summed E-state index contributed by atoms with van der Waals surface area (Å²) in [6, 6.07) is 0. The second-order valence-electron chi connectivity index (χ2n) is 2.52. The van der Waals surface area contributed by atoms with E-state index >= 15 is 0 Å². The lowest BCUT2D eigenvalue weighted by Gasteiger charge is -2.08. The average molecular weight is 193 g/mol. The van der Waals surface area contributed by atoms with Crippen LogP contribution in [-0.4, -0.2) is 41.9 Å². The Morgan fingerprint density at radius 2 is 2.25 bits per heavy atom. The Kier molecular flexibility index (Phi) is 5.92. The van der Waals surface area contributed by atoms with Gasteiger partial charge in [0.15, 0.2) is 0 Å². The highest BCUT2D eigenvalue weighted by Crippen LogP contribution is 1.88. The first-order valence-electron chi connectivity index (χ1n) is 3.67. The van der Waals surface area contributed by atoms with Gasteiger partial charge in [-0.3, -0.25) is 9.00 Å². The van der Waals surface area contributed by atoms with Crippen molar-refractivity contribution in [3.63, 3.8) is 0 Å². The van der Waals surface area contributed by atoms with E-state index in [1.54, 1.807) is 6.26 Å². The fourth-order valence-corrected chi connectivity index (χ4v) is 0.920. The maximum absolute atomic E-state index is 10.8. The van der Waals surface area contributed by atoms with Crippen LogP contribution < -0.4 is 5.32 Å². The van der Waals surface area contributed by atoms with Crippen molar-refractivity contribution in [2.45, 2.75) is 12.2 Å². The van der Waals surface area contributed by atoms with Crippen molar-refractivity contribution in [3.8, 4) is 0 Å². The van der Waals surface area contributed by atoms with Gasteiger partial charge < -0.3 is 10.1 Å². The minimum absolute atomic E-state index is 0.0645. The van der Waals surface area contributed by atoms with E-state index in [9.17, 15) is 9.00 Å². The molecule has 5 heteroatoms. The van der Waals surface area contributed by atoms with Crippen molar-refractivity contribution in [1.29, 1.82) is 0 Å². The Morgan fingerprint density at radius 1 is 1.67 bits per heavy atom. The standard InChI is InChI=1S/C7H15NO3S/c1-6(12(3)10)4-8-5-7(9)11-2/h6,8H,4-5H2,1-3H3. The summed E-state index contributed by atoms with van der Waals surface area (Å²) in [6.07, 6.45) is 1.64. The summed E-state index contributed by atoms with van der Waals surface area (Å²) in [5.41, 5.74) is 0. The fraction of sp³-hybridized carbons (Fsp3) is 0.857. The van der Waals surface area contributed by atoms with E-state index in [1.807, 2.05) is 6.92 Å². The van der Waals surface area contributed by atoms with Crippen LogP contribution >= 0.6 is 0 Å². The van der Waals surface area contributed by atoms with Gasteiger partial charge >= 0.3 is 5.97 Å². The highest BCUT2D eigenvalue weighted by molar-refractivity contribution is 7.84. The molecule has 0 aliphatic carbocycles. The molecule has 72 valence electrons. The third-order valence-electron chi connectivity index (χ3n) is 1.50. The molecular formula is C7H15NO3S. The molecular weight excluding hydrogens is 178 g/mol. The minimum Gasteiger partial charge on any atom is -0.468 e. The monoisotopic (exact) mass is 193 g/mol. The fourth-order valence-electron chi connectivity index (χ4n) is 0.567. The van der Waals surface area contributed by atoms with Crippen LogP contribution in [0.25, 0.3) is 0 Å². The van der Waals surface area contributed by atoms with Gasteiger partial charge in [-0.15, -0.1) is 0 Å². The molecule has 1 N–H and O–H groups in total. The number of ether oxygens (including phenoxy) is 1. The number of hydrogen-bond acceptors (Lipinski definition) is 4. The summed E-state index contributed by atoms with van der Waals surface area (Å²) in [5, 5.41) is 2.91. The van der Waals surface area contributed by atoms with E-state index in [0.29, 0.717) is 6.54 Å². The van der Waals surface area contributed by atoms with Crippen molar-refractivity contribution in [2.24, 2.45) is 0 Å². The van der Waals surface area contributed by atoms with Gasteiger partial charge in [0.2, 0.25) is 0 Å². The van der Waals surface area contributed by atoms with Crippen LogP contribution in [0.5, 0.6) is 0 Å². The van der Waals surface area contributed by atoms with Crippen molar-refractivity contribution >= 4 is 16.8 Å². The van der Waals surface area contributed by atoms with E-state index in [0.717, 1.165) is 0 Å². The molecule has 4 nitrogen and oxygen atoms in total. The first-order valence-corrected chi connectivity index (χ1v) is 5.29. The zero-order valence-corrected chi connectivity index (χ0v) is 8.44. The molecule has 0 saturated heterocycles. The van der Waals surface area contributed by atoms with Crippen LogP contribution in [-0.2, 0) is 20.3 Å². The van der Waals surface area contributed by atoms with Crippen LogP contribution in [0.2, 0.25) is 0 Å². The summed E-state index contributed by atoms with van der Waals surface area (Å²) < 4.78 is 15.3. The van der Waals surface area contributed by atoms with Gasteiger partial charge in [-0.1, -0.05) is 0 Å². The predicted octanol–water partition coefficient (Wildman–Crippen LogP) is -0.484. The minimum atomic E-state index is -0.842. The molecule has 0 aromatic carbocycles. The molecule has 0 aliphatic rings. The van der Waals surface area contributed by atoms with Crippen LogP contribution in [0.1, 0.15) is 6.92 Å². The van der Waals surface area contributed by atoms with E-state index in [2.05, 4.69) is 10.1 Å². The number of methoxy groups -OCH3 is 1. The molecule has 2 unspecified atom stereocenters. The van der Waals surface area contributed by atoms with Crippen molar-refractivity contribution in [2.75, 3.05) is 26.5 Å². The molecule has 12 heavy (non-hydrogen) atoms. The number of carbonyl (C=O) groups excluding carboxylic acids is 1. The highest BCUT2D eigenvalue weighted by atomic mass is 32.2. The summed E-state index contributed by atoms with van der Waals surface area (Å²) in [6.45, 7) is 2.61. The maximum Gasteiger partial charge on any atom is 0.319 e. The number of esters is 1. The average Bonchev–Trinajstić information content (AvgIpc) is 2.03. The van der Waals surface area contributed by atoms with Crippen molar-refractivity contribution < 1.29 is 13.7 Å². The Morgan fingerprint density at radius 3 is 2.67 bits per heavy atom. The van der Waals surface area contributed by atoms with Crippen molar-refractivity contribution in [1.82, 2.24) is 5.32 Å². The van der Waals surface area contributed by atoms with Gasteiger partial charge in [-0.25, -0.2) is 0 Å². The molecule has 2 atom stereocenters. The molecule has 0 aromatic heterocycles. The van der Waals surface area contributed by atoms with E-state index < -0.39 is 10.8 Å². The molecule has 0 radical (unpaired) electrons. The molecule has 0 fully saturated rings. The van der Waals surface area contributed by atoms with E-state index in [-0.39, 0.29) is 17.8 Å². The largest absolute Gasteiger partial charge is 0.468 e. The Balaban J connectivity index is 3.43. The van der Waals surface area contributed by atoms with Gasteiger partial charge in [-0.05, 0) is 6.92 Å². The molecule has 0 spiro atoms. The topological polar surface area (TPSA) is 55.4 Å². The molecule has 0 rings (SSSR count).